The van der Waals surface area contributed by atoms with Gasteiger partial charge in [-0.05, 0) is 19.9 Å². The molecule has 6 nitrogen and oxygen atoms in total. The molecule has 20 heavy (non-hydrogen) atoms. The number of aliphatic hydroxyl groups is 1. The lowest BCUT2D eigenvalue weighted by atomic mass is 10.3. The van der Waals surface area contributed by atoms with E-state index in [9.17, 15) is 0 Å². The summed E-state index contributed by atoms with van der Waals surface area (Å²) in [4.78, 5) is 10.9. The molecular weight excluding hydrogens is 256 g/mol. The molecule has 0 radical (unpaired) electrons. The van der Waals surface area contributed by atoms with Crippen molar-refractivity contribution in [2.75, 3.05) is 33.4 Å². The van der Waals surface area contributed by atoms with Gasteiger partial charge in [0.1, 0.15) is 0 Å². The fourth-order valence-electron chi connectivity index (χ4n) is 2.37. The first-order valence-corrected chi connectivity index (χ1v) is 6.78. The Kier molecular flexibility index (Phi) is 5.05. The molecule has 0 atom stereocenters. The van der Waals surface area contributed by atoms with Crippen LogP contribution in [0.25, 0.3) is 5.78 Å². The van der Waals surface area contributed by atoms with Gasteiger partial charge in [-0.1, -0.05) is 0 Å². The van der Waals surface area contributed by atoms with E-state index in [-0.39, 0.29) is 6.61 Å². The zero-order chi connectivity index (χ0) is 14.5. The zero-order valence-electron chi connectivity index (χ0n) is 12.3. The second-order valence-corrected chi connectivity index (χ2v) is 4.92. The SMILES string of the molecule is COCCN(CCO)Cc1cnc2nc(C)cc(C)n12. The molecule has 0 aliphatic heterocycles. The van der Waals surface area contributed by atoms with Crippen LogP contribution in [0.15, 0.2) is 12.3 Å². The molecule has 0 saturated carbocycles. The largest absolute Gasteiger partial charge is 0.395 e. The summed E-state index contributed by atoms with van der Waals surface area (Å²) in [7, 11) is 1.68. The minimum absolute atomic E-state index is 0.136. The lowest BCUT2D eigenvalue weighted by Crippen LogP contribution is -2.30. The second-order valence-electron chi connectivity index (χ2n) is 4.92. The van der Waals surface area contributed by atoms with E-state index >= 15 is 0 Å². The summed E-state index contributed by atoms with van der Waals surface area (Å²) in [5.74, 6) is 0.730. The maximum absolute atomic E-state index is 9.15. The maximum atomic E-state index is 9.15. The first kappa shape index (κ1) is 14.9. The van der Waals surface area contributed by atoms with Crippen LogP contribution < -0.4 is 0 Å². The molecule has 0 aromatic carbocycles. The van der Waals surface area contributed by atoms with E-state index < -0.39 is 0 Å². The van der Waals surface area contributed by atoms with Gasteiger partial charge < -0.3 is 9.84 Å². The third kappa shape index (κ3) is 3.33. The number of aromatic nitrogens is 3. The molecule has 2 rings (SSSR count). The van der Waals surface area contributed by atoms with Crippen molar-refractivity contribution >= 4 is 5.78 Å². The number of fused-ring (bicyclic) bond motifs is 1. The number of aryl methyl sites for hydroxylation is 2. The molecular formula is C14H22N4O2. The number of ether oxygens (including phenoxy) is 1. The first-order valence-electron chi connectivity index (χ1n) is 6.78. The molecule has 2 aromatic heterocycles. The highest BCUT2D eigenvalue weighted by molar-refractivity contribution is 5.35. The lowest BCUT2D eigenvalue weighted by Gasteiger charge is -2.20. The van der Waals surface area contributed by atoms with E-state index in [4.69, 9.17) is 9.84 Å². The van der Waals surface area contributed by atoms with E-state index in [0.29, 0.717) is 13.2 Å². The van der Waals surface area contributed by atoms with E-state index in [1.165, 1.54) is 0 Å². The van der Waals surface area contributed by atoms with Crippen LogP contribution in [0.5, 0.6) is 0 Å². The van der Waals surface area contributed by atoms with Crippen LogP contribution in [0.2, 0.25) is 0 Å². The quantitative estimate of drug-likeness (QED) is 0.811. The van der Waals surface area contributed by atoms with Crippen molar-refractivity contribution in [3.05, 3.63) is 29.3 Å². The average Bonchev–Trinajstić information content (AvgIpc) is 2.79. The summed E-state index contributed by atoms with van der Waals surface area (Å²) in [5, 5.41) is 9.15. The second kappa shape index (κ2) is 6.78. The fraction of sp³-hybridized carbons (Fsp3) is 0.571. The third-order valence-corrected chi connectivity index (χ3v) is 3.28. The van der Waals surface area contributed by atoms with Crippen molar-refractivity contribution in [1.29, 1.82) is 0 Å². The summed E-state index contributed by atoms with van der Waals surface area (Å²) in [6, 6.07) is 2.05. The van der Waals surface area contributed by atoms with Crippen molar-refractivity contribution in [2.45, 2.75) is 20.4 Å². The number of hydrogen-bond acceptors (Lipinski definition) is 5. The van der Waals surface area contributed by atoms with E-state index in [2.05, 4.69) is 26.2 Å². The molecule has 0 saturated heterocycles. The number of imidazole rings is 1. The highest BCUT2D eigenvalue weighted by atomic mass is 16.5. The van der Waals surface area contributed by atoms with E-state index in [1.54, 1.807) is 7.11 Å². The van der Waals surface area contributed by atoms with Crippen molar-refractivity contribution < 1.29 is 9.84 Å². The van der Waals surface area contributed by atoms with Gasteiger partial charge in [0.25, 0.3) is 0 Å². The van der Waals surface area contributed by atoms with Crippen LogP contribution in [0.4, 0.5) is 0 Å². The van der Waals surface area contributed by atoms with Gasteiger partial charge in [0.15, 0.2) is 0 Å². The molecule has 0 unspecified atom stereocenters. The van der Waals surface area contributed by atoms with Gasteiger partial charge >= 0.3 is 0 Å². The highest BCUT2D eigenvalue weighted by Crippen LogP contribution is 2.12. The standard InChI is InChI=1S/C14H22N4O2/c1-11-8-12(2)18-13(9-15-14(18)16-11)10-17(4-6-19)5-7-20-3/h8-9,19H,4-7,10H2,1-3H3. The number of rotatable bonds is 7. The number of hydrogen-bond donors (Lipinski definition) is 1. The van der Waals surface area contributed by atoms with Gasteiger partial charge in [-0.15, -0.1) is 0 Å². The van der Waals surface area contributed by atoms with Crippen LogP contribution in [-0.4, -0.2) is 57.8 Å². The van der Waals surface area contributed by atoms with Crippen LogP contribution in [0, 0.1) is 13.8 Å². The number of nitrogens with zero attached hydrogens (tertiary/aromatic N) is 4. The Balaban J connectivity index is 2.23. The summed E-state index contributed by atoms with van der Waals surface area (Å²) in [6.07, 6.45) is 1.85. The fourth-order valence-corrected chi connectivity index (χ4v) is 2.37. The molecule has 0 bridgehead atoms. The molecule has 2 heterocycles. The molecule has 110 valence electrons. The Morgan fingerprint density at radius 2 is 2.15 bits per heavy atom. The Morgan fingerprint density at radius 1 is 1.35 bits per heavy atom. The molecule has 1 N–H and O–H groups in total. The van der Waals surface area contributed by atoms with Gasteiger partial charge in [0.05, 0.1) is 25.1 Å². The minimum atomic E-state index is 0.136. The van der Waals surface area contributed by atoms with Crippen molar-refractivity contribution in [1.82, 2.24) is 19.3 Å². The summed E-state index contributed by atoms with van der Waals surface area (Å²) in [6.45, 7) is 6.93. The topological polar surface area (TPSA) is 62.9 Å². The van der Waals surface area contributed by atoms with Crippen LogP contribution in [-0.2, 0) is 11.3 Å². The van der Waals surface area contributed by atoms with Crippen molar-refractivity contribution in [2.24, 2.45) is 0 Å². The number of aliphatic hydroxyl groups excluding tert-OH is 1. The molecule has 6 heteroatoms. The molecule has 0 amide bonds. The Morgan fingerprint density at radius 3 is 2.85 bits per heavy atom. The lowest BCUT2D eigenvalue weighted by molar-refractivity contribution is 0.126. The summed E-state index contributed by atoms with van der Waals surface area (Å²) >= 11 is 0. The smallest absolute Gasteiger partial charge is 0.234 e. The predicted molar refractivity (Wildman–Crippen MR) is 76.7 cm³/mol. The third-order valence-electron chi connectivity index (χ3n) is 3.28. The van der Waals surface area contributed by atoms with Gasteiger partial charge in [-0.2, -0.15) is 0 Å². The number of methoxy groups -OCH3 is 1. The van der Waals surface area contributed by atoms with E-state index in [0.717, 1.165) is 35.9 Å². The van der Waals surface area contributed by atoms with Gasteiger partial charge in [-0.3, -0.25) is 9.30 Å². The molecule has 0 aliphatic carbocycles. The zero-order valence-corrected chi connectivity index (χ0v) is 12.3. The monoisotopic (exact) mass is 278 g/mol. The van der Waals surface area contributed by atoms with Gasteiger partial charge in [-0.25, -0.2) is 9.97 Å². The van der Waals surface area contributed by atoms with E-state index in [1.807, 2.05) is 19.2 Å². The molecule has 0 fully saturated rings. The predicted octanol–water partition coefficient (Wildman–Crippen LogP) is 0.787. The van der Waals surface area contributed by atoms with Crippen molar-refractivity contribution in [3.8, 4) is 0 Å². The molecule has 0 spiro atoms. The first-order chi connectivity index (χ1) is 9.65. The van der Waals surface area contributed by atoms with Crippen LogP contribution >= 0.6 is 0 Å². The Bertz CT molecular complexity index is 568. The normalized spacial score (nSPS) is 11.7. The Labute approximate surface area is 119 Å². The Hall–Kier alpha value is -1.50. The summed E-state index contributed by atoms with van der Waals surface area (Å²) in [5.41, 5.74) is 3.17. The molecule has 2 aromatic rings. The average molecular weight is 278 g/mol. The van der Waals surface area contributed by atoms with Crippen LogP contribution in [0.1, 0.15) is 17.1 Å². The molecule has 0 aliphatic rings. The maximum Gasteiger partial charge on any atom is 0.234 e. The van der Waals surface area contributed by atoms with Crippen LogP contribution in [0.3, 0.4) is 0 Å². The summed E-state index contributed by atoms with van der Waals surface area (Å²) < 4.78 is 7.17. The highest BCUT2D eigenvalue weighted by Gasteiger charge is 2.12. The minimum Gasteiger partial charge on any atom is -0.395 e. The van der Waals surface area contributed by atoms with Gasteiger partial charge in [0.2, 0.25) is 5.78 Å². The van der Waals surface area contributed by atoms with Gasteiger partial charge in [0, 0.05) is 38.1 Å². The van der Waals surface area contributed by atoms with Crippen molar-refractivity contribution in [3.63, 3.8) is 0 Å².